The van der Waals surface area contributed by atoms with Gasteiger partial charge in [-0.25, -0.2) is 0 Å². The van der Waals surface area contributed by atoms with Crippen molar-refractivity contribution < 1.29 is 28.6 Å². The molecule has 1 atom stereocenters. The fourth-order valence-electron chi connectivity index (χ4n) is 4.60. The summed E-state index contributed by atoms with van der Waals surface area (Å²) in [6.07, 6.45) is 1.93. The van der Waals surface area contributed by atoms with E-state index in [1.54, 1.807) is 48.7 Å². The predicted octanol–water partition coefficient (Wildman–Crippen LogP) is 6.46. The highest BCUT2D eigenvalue weighted by Gasteiger charge is 2.21. The van der Waals surface area contributed by atoms with Crippen molar-refractivity contribution in [2.45, 2.75) is 18.9 Å². The Morgan fingerprint density at radius 1 is 0.825 bits per heavy atom. The molecule has 0 saturated heterocycles. The molecule has 202 valence electrons. The zero-order valence-electron chi connectivity index (χ0n) is 21.8. The van der Waals surface area contributed by atoms with Crippen LogP contribution in [0.15, 0.2) is 108 Å². The van der Waals surface area contributed by atoms with Crippen LogP contribution in [0.3, 0.4) is 0 Å². The number of carboxylic acids is 1. The number of carbonyl (C=O) groups is 2. The first kappa shape index (κ1) is 26.7. The van der Waals surface area contributed by atoms with Gasteiger partial charge in [0.1, 0.15) is 30.3 Å². The lowest BCUT2D eigenvalue weighted by Crippen LogP contribution is -2.23. The molecule has 0 amide bonds. The number of nitrogens with two attached hydrogens (primary N) is 1. The van der Waals surface area contributed by atoms with Crippen LogP contribution in [0.4, 0.5) is 0 Å². The molecule has 0 aliphatic heterocycles. The molecular formula is C33H29NO6. The summed E-state index contributed by atoms with van der Waals surface area (Å²) in [5.41, 5.74) is 11.0. The Kier molecular flexibility index (Phi) is 8.23. The van der Waals surface area contributed by atoms with Crippen LogP contribution in [0.1, 0.15) is 33.9 Å². The van der Waals surface area contributed by atoms with Crippen molar-refractivity contribution in [3.63, 3.8) is 0 Å². The average Bonchev–Trinajstić information content (AvgIpc) is 3.42. The molecule has 0 aliphatic rings. The van der Waals surface area contributed by atoms with Crippen molar-refractivity contribution in [3.8, 4) is 22.6 Å². The Morgan fingerprint density at radius 3 is 2.17 bits per heavy atom. The highest BCUT2D eigenvalue weighted by molar-refractivity contribution is 6.00. The summed E-state index contributed by atoms with van der Waals surface area (Å²) in [5, 5.41) is 10.2. The SMILES string of the molecule is NC(C(=O)c1ccccc1)c1cc(OCCOc2ccc3c(-c4ccccc4)coc3c2)ccc1CCC(=O)O. The first-order chi connectivity index (χ1) is 19.5. The molecule has 5 rings (SSSR count). The number of rotatable bonds is 12. The molecule has 1 heterocycles. The quantitative estimate of drug-likeness (QED) is 0.139. The molecule has 4 aromatic carbocycles. The number of carboxylic acid groups (broad SMARTS) is 1. The lowest BCUT2D eigenvalue weighted by Gasteiger charge is -2.17. The van der Waals surface area contributed by atoms with E-state index in [9.17, 15) is 9.59 Å². The summed E-state index contributed by atoms with van der Waals surface area (Å²) in [5.74, 6) is 0.00466. The maximum atomic E-state index is 13.0. The van der Waals surface area contributed by atoms with E-state index in [0.717, 1.165) is 22.1 Å². The molecule has 0 radical (unpaired) electrons. The first-order valence-corrected chi connectivity index (χ1v) is 13.0. The third-order valence-electron chi connectivity index (χ3n) is 6.65. The number of hydrogen-bond donors (Lipinski definition) is 2. The van der Waals surface area contributed by atoms with Gasteiger partial charge in [0.05, 0.1) is 12.3 Å². The normalized spacial score (nSPS) is 11.7. The number of furan rings is 1. The standard InChI is InChI=1S/C33H29NO6/c34-32(33(37)24-9-5-2-6-10-24)28-19-25(13-11-23(28)12-16-31(35)36)38-17-18-39-26-14-15-27-29(21-40-30(27)20-26)22-7-3-1-4-8-22/h1-11,13-15,19-21,32H,12,16-18,34H2,(H,35,36). The van der Waals surface area contributed by atoms with Gasteiger partial charge in [0.25, 0.3) is 0 Å². The summed E-state index contributed by atoms with van der Waals surface area (Å²) in [6.45, 7) is 0.532. The van der Waals surface area contributed by atoms with Gasteiger partial charge in [0.2, 0.25) is 0 Å². The second kappa shape index (κ2) is 12.3. The van der Waals surface area contributed by atoms with Crippen LogP contribution < -0.4 is 15.2 Å². The number of Topliss-reactive ketones (excluding diaryl/α,β-unsaturated/α-hetero) is 1. The molecule has 0 fully saturated rings. The van der Waals surface area contributed by atoms with Gasteiger partial charge in [-0.15, -0.1) is 0 Å². The zero-order chi connectivity index (χ0) is 27.9. The number of ketones is 1. The van der Waals surface area contributed by atoms with Gasteiger partial charge >= 0.3 is 5.97 Å². The summed E-state index contributed by atoms with van der Waals surface area (Å²) in [4.78, 5) is 24.2. The van der Waals surface area contributed by atoms with Crippen molar-refractivity contribution in [1.29, 1.82) is 0 Å². The summed E-state index contributed by atoms with van der Waals surface area (Å²) in [7, 11) is 0. The Labute approximate surface area is 231 Å². The van der Waals surface area contributed by atoms with Crippen molar-refractivity contribution in [2.24, 2.45) is 5.73 Å². The van der Waals surface area contributed by atoms with Gasteiger partial charge in [-0.05, 0) is 47.4 Å². The van der Waals surface area contributed by atoms with Crippen LogP contribution in [0, 0.1) is 0 Å². The summed E-state index contributed by atoms with van der Waals surface area (Å²) >= 11 is 0. The maximum Gasteiger partial charge on any atom is 0.303 e. The minimum atomic E-state index is -0.952. The van der Waals surface area contributed by atoms with E-state index in [1.807, 2.05) is 54.6 Å². The first-order valence-electron chi connectivity index (χ1n) is 13.0. The number of aliphatic carboxylic acids is 1. The highest BCUT2D eigenvalue weighted by Crippen LogP contribution is 2.32. The van der Waals surface area contributed by atoms with Crippen molar-refractivity contribution in [2.75, 3.05) is 13.2 Å². The van der Waals surface area contributed by atoms with Crippen LogP contribution in [-0.4, -0.2) is 30.1 Å². The third kappa shape index (κ3) is 6.22. The van der Waals surface area contributed by atoms with Crippen LogP contribution in [0.2, 0.25) is 0 Å². The minimum Gasteiger partial charge on any atom is -0.490 e. The van der Waals surface area contributed by atoms with E-state index in [1.165, 1.54) is 0 Å². The van der Waals surface area contributed by atoms with Crippen molar-refractivity contribution in [3.05, 3.63) is 120 Å². The van der Waals surface area contributed by atoms with Crippen LogP contribution >= 0.6 is 0 Å². The van der Waals surface area contributed by atoms with Crippen LogP contribution in [0.5, 0.6) is 11.5 Å². The van der Waals surface area contributed by atoms with Crippen molar-refractivity contribution in [1.82, 2.24) is 0 Å². The van der Waals surface area contributed by atoms with E-state index in [4.69, 9.17) is 24.7 Å². The molecule has 0 saturated carbocycles. The Hall–Kier alpha value is -4.88. The van der Waals surface area contributed by atoms with Crippen LogP contribution in [-0.2, 0) is 11.2 Å². The molecule has 5 aromatic rings. The van der Waals surface area contributed by atoms with Gasteiger partial charge in [-0.1, -0.05) is 66.7 Å². The van der Waals surface area contributed by atoms with E-state index in [0.29, 0.717) is 28.2 Å². The van der Waals surface area contributed by atoms with Crippen molar-refractivity contribution >= 4 is 22.7 Å². The summed E-state index contributed by atoms with van der Waals surface area (Å²) < 4.78 is 17.6. The van der Waals surface area contributed by atoms with Gasteiger partial charge in [-0.2, -0.15) is 0 Å². The Balaban J connectivity index is 1.24. The molecule has 0 spiro atoms. The van der Waals surface area contributed by atoms with E-state index in [2.05, 4.69) is 0 Å². The lowest BCUT2D eigenvalue weighted by molar-refractivity contribution is -0.136. The molecule has 0 aliphatic carbocycles. The number of fused-ring (bicyclic) bond motifs is 1. The number of aryl methyl sites for hydroxylation is 1. The number of benzene rings is 4. The topological polar surface area (TPSA) is 112 Å². The Morgan fingerprint density at radius 2 is 1.48 bits per heavy atom. The third-order valence-corrected chi connectivity index (χ3v) is 6.65. The number of ether oxygens (including phenoxy) is 2. The van der Waals surface area contributed by atoms with Gasteiger partial charge in [0.15, 0.2) is 5.78 Å². The largest absolute Gasteiger partial charge is 0.490 e. The monoisotopic (exact) mass is 535 g/mol. The lowest BCUT2D eigenvalue weighted by atomic mass is 9.92. The van der Waals surface area contributed by atoms with E-state index < -0.39 is 12.0 Å². The number of carbonyl (C=O) groups excluding carboxylic acids is 1. The average molecular weight is 536 g/mol. The minimum absolute atomic E-state index is 0.0693. The molecule has 0 bridgehead atoms. The zero-order valence-corrected chi connectivity index (χ0v) is 21.8. The Bertz CT molecular complexity index is 1610. The molecule has 3 N–H and O–H groups in total. The molecule has 1 aromatic heterocycles. The van der Waals surface area contributed by atoms with E-state index >= 15 is 0 Å². The molecule has 7 nitrogen and oxygen atoms in total. The molecular weight excluding hydrogens is 506 g/mol. The van der Waals surface area contributed by atoms with Crippen LogP contribution in [0.25, 0.3) is 22.1 Å². The van der Waals surface area contributed by atoms with Gasteiger partial charge < -0.3 is 24.7 Å². The van der Waals surface area contributed by atoms with Gasteiger partial charge in [0, 0.05) is 29.0 Å². The smallest absolute Gasteiger partial charge is 0.303 e. The fourth-order valence-corrected chi connectivity index (χ4v) is 4.60. The molecule has 40 heavy (non-hydrogen) atoms. The highest BCUT2D eigenvalue weighted by atomic mass is 16.5. The van der Waals surface area contributed by atoms with E-state index in [-0.39, 0.29) is 31.8 Å². The molecule has 1 unspecified atom stereocenters. The number of hydrogen-bond acceptors (Lipinski definition) is 6. The fraction of sp³-hybridized carbons (Fsp3) is 0.152. The summed E-state index contributed by atoms with van der Waals surface area (Å²) in [6, 6.07) is 28.8. The maximum absolute atomic E-state index is 13.0. The predicted molar refractivity (Wildman–Crippen MR) is 153 cm³/mol. The van der Waals surface area contributed by atoms with Gasteiger partial charge in [-0.3, -0.25) is 9.59 Å². The second-order valence-electron chi connectivity index (χ2n) is 9.33. The molecule has 7 heteroatoms. The second-order valence-corrected chi connectivity index (χ2v) is 9.33.